The molecule has 0 bridgehead atoms. The van der Waals surface area contributed by atoms with Gasteiger partial charge >= 0.3 is 0 Å². The topological polar surface area (TPSA) is 71.0 Å². The minimum Gasteiger partial charge on any atom is -0.495 e. The van der Waals surface area contributed by atoms with Gasteiger partial charge in [-0.1, -0.05) is 23.7 Å². The summed E-state index contributed by atoms with van der Waals surface area (Å²) < 4.78 is 11.1. The third-order valence-corrected chi connectivity index (χ3v) is 4.75. The van der Waals surface area contributed by atoms with Gasteiger partial charge in [0.15, 0.2) is 5.96 Å². The van der Waals surface area contributed by atoms with Crippen LogP contribution in [0.25, 0.3) is 0 Å². The van der Waals surface area contributed by atoms with Crippen molar-refractivity contribution in [3.05, 3.63) is 47.6 Å². The van der Waals surface area contributed by atoms with Gasteiger partial charge in [0.1, 0.15) is 12.4 Å². The van der Waals surface area contributed by atoms with Crippen molar-refractivity contribution >= 4 is 47.2 Å². The molecule has 1 aromatic heterocycles. The number of nitrogens with one attached hydrogen (secondary N) is 2. The smallest absolute Gasteiger partial charge is 0.213 e. The van der Waals surface area contributed by atoms with E-state index in [0.29, 0.717) is 30.1 Å². The number of para-hydroxylation sites is 2. The van der Waals surface area contributed by atoms with Gasteiger partial charge in [0.2, 0.25) is 5.88 Å². The molecule has 2 heterocycles. The van der Waals surface area contributed by atoms with Crippen LogP contribution >= 0.6 is 35.6 Å². The lowest BCUT2D eigenvalue weighted by Crippen LogP contribution is -2.45. The van der Waals surface area contributed by atoms with Crippen LogP contribution in [-0.2, 0) is 0 Å². The molecule has 1 aromatic carbocycles. The zero-order chi connectivity index (χ0) is 19.8. The van der Waals surface area contributed by atoms with E-state index in [2.05, 4.69) is 31.6 Å². The molecule has 0 aliphatic carbocycles. The molecule has 1 fully saturated rings. The first kappa shape index (κ1) is 23.3. The van der Waals surface area contributed by atoms with Crippen LogP contribution in [0.1, 0.15) is 6.42 Å². The Morgan fingerprint density at radius 1 is 1.31 bits per heavy atom. The Kier molecular flexibility index (Phi) is 9.59. The van der Waals surface area contributed by atoms with Gasteiger partial charge < -0.3 is 25.0 Å². The lowest BCUT2D eigenvalue weighted by atomic mass is 10.2. The van der Waals surface area contributed by atoms with Crippen molar-refractivity contribution < 1.29 is 9.47 Å². The fourth-order valence-electron chi connectivity index (χ4n) is 3.15. The number of pyridine rings is 1. The van der Waals surface area contributed by atoms with Crippen LogP contribution in [0.2, 0.25) is 5.02 Å². The Hall–Kier alpha value is -1.94. The minimum atomic E-state index is 0. The maximum Gasteiger partial charge on any atom is 0.213 e. The highest BCUT2D eigenvalue weighted by Crippen LogP contribution is 2.30. The van der Waals surface area contributed by atoms with Crippen molar-refractivity contribution in [3.63, 3.8) is 0 Å². The Balaban J connectivity index is 0.00000300. The Bertz CT molecular complexity index is 791. The molecular weight excluding hydrogens is 505 g/mol. The van der Waals surface area contributed by atoms with Crippen molar-refractivity contribution in [2.75, 3.05) is 45.3 Å². The molecular formula is C20H27ClIN5O2. The van der Waals surface area contributed by atoms with E-state index < -0.39 is 0 Å². The van der Waals surface area contributed by atoms with E-state index in [1.54, 1.807) is 32.5 Å². The number of hydrogen-bond donors (Lipinski definition) is 2. The molecule has 1 atom stereocenters. The van der Waals surface area contributed by atoms with Crippen molar-refractivity contribution in [1.29, 1.82) is 0 Å². The van der Waals surface area contributed by atoms with Gasteiger partial charge in [0.05, 0.1) is 24.4 Å². The van der Waals surface area contributed by atoms with Crippen LogP contribution in [-0.4, -0.2) is 57.4 Å². The zero-order valence-corrected chi connectivity index (χ0v) is 19.7. The summed E-state index contributed by atoms with van der Waals surface area (Å²) in [4.78, 5) is 10.7. The van der Waals surface area contributed by atoms with Crippen LogP contribution < -0.4 is 25.0 Å². The molecule has 2 aromatic rings. The van der Waals surface area contributed by atoms with Crippen molar-refractivity contribution in [2.45, 2.75) is 12.5 Å². The highest BCUT2D eigenvalue weighted by Gasteiger charge is 2.25. The summed E-state index contributed by atoms with van der Waals surface area (Å²) in [6.07, 6.45) is 2.60. The lowest BCUT2D eigenvalue weighted by Gasteiger charge is -2.22. The van der Waals surface area contributed by atoms with Gasteiger partial charge in [0.25, 0.3) is 0 Å². The molecule has 0 spiro atoms. The van der Waals surface area contributed by atoms with Crippen LogP contribution in [0.5, 0.6) is 11.6 Å². The molecule has 1 saturated heterocycles. The second-order valence-corrected chi connectivity index (χ2v) is 6.85. The third kappa shape index (κ3) is 6.81. The summed E-state index contributed by atoms with van der Waals surface area (Å²) in [7, 11) is 3.47. The highest BCUT2D eigenvalue weighted by atomic mass is 127. The fraction of sp³-hybridized carbons (Fsp3) is 0.400. The maximum atomic E-state index is 5.82. The monoisotopic (exact) mass is 531 g/mol. The molecule has 2 N–H and O–H groups in total. The number of aliphatic imine (C=N–C) groups is 1. The summed E-state index contributed by atoms with van der Waals surface area (Å²) in [6, 6.07) is 11.9. The van der Waals surface area contributed by atoms with Gasteiger partial charge in [-0.25, -0.2) is 4.98 Å². The largest absolute Gasteiger partial charge is 0.495 e. The summed E-state index contributed by atoms with van der Waals surface area (Å²) >= 11 is 5.82. The Labute approximate surface area is 193 Å². The molecule has 29 heavy (non-hydrogen) atoms. The Morgan fingerprint density at radius 2 is 2.14 bits per heavy atom. The van der Waals surface area contributed by atoms with Gasteiger partial charge in [-0.05, 0) is 24.6 Å². The second kappa shape index (κ2) is 11.9. The van der Waals surface area contributed by atoms with E-state index in [4.69, 9.17) is 21.1 Å². The molecule has 0 amide bonds. The van der Waals surface area contributed by atoms with Gasteiger partial charge in [-0.2, -0.15) is 0 Å². The van der Waals surface area contributed by atoms with Crippen molar-refractivity contribution in [2.24, 2.45) is 4.99 Å². The minimum absolute atomic E-state index is 0. The fourth-order valence-corrected chi connectivity index (χ4v) is 3.26. The summed E-state index contributed by atoms with van der Waals surface area (Å²) in [5.74, 6) is 2.22. The summed E-state index contributed by atoms with van der Waals surface area (Å²) in [5.41, 5.74) is 1.13. The quantitative estimate of drug-likeness (QED) is 0.248. The molecule has 0 saturated carbocycles. The summed E-state index contributed by atoms with van der Waals surface area (Å²) in [5, 5.41) is 7.34. The first-order chi connectivity index (χ1) is 13.7. The van der Waals surface area contributed by atoms with E-state index in [1.165, 1.54) is 0 Å². The van der Waals surface area contributed by atoms with Crippen molar-refractivity contribution in [1.82, 2.24) is 15.6 Å². The number of ether oxygens (including phenoxy) is 2. The number of hydrogen-bond acceptors (Lipinski definition) is 5. The molecule has 3 rings (SSSR count). The van der Waals surface area contributed by atoms with Gasteiger partial charge in [0, 0.05) is 38.4 Å². The summed E-state index contributed by atoms with van der Waals surface area (Å²) in [6.45, 7) is 2.97. The number of rotatable bonds is 7. The molecule has 0 radical (unpaired) electrons. The van der Waals surface area contributed by atoms with E-state index in [9.17, 15) is 0 Å². The van der Waals surface area contributed by atoms with Gasteiger partial charge in [-0.3, -0.25) is 4.99 Å². The second-order valence-electron chi connectivity index (χ2n) is 6.41. The predicted molar refractivity (Wildman–Crippen MR) is 128 cm³/mol. The average molecular weight is 532 g/mol. The van der Waals surface area contributed by atoms with E-state index >= 15 is 0 Å². The number of benzene rings is 1. The number of methoxy groups -OCH3 is 1. The molecule has 158 valence electrons. The normalized spacial score (nSPS) is 16.2. The number of guanidine groups is 1. The Morgan fingerprint density at radius 3 is 2.86 bits per heavy atom. The first-order valence-corrected chi connectivity index (χ1v) is 9.67. The predicted octanol–water partition coefficient (Wildman–Crippen LogP) is 3.18. The van der Waals surface area contributed by atoms with Crippen LogP contribution in [0.15, 0.2) is 47.6 Å². The number of halogens is 2. The maximum absolute atomic E-state index is 5.82. The van der Waals surface area contributed by atoms with Gasteiger partial charge in [-0.15, -0.1) is 24.0 Å². The zero-order valence-electron chi connectivity index (χ0n) is 16.6. The number of anilines is 1. The van der Waals surface area contributed by atoms with E-state index in [-0.39, 0.29) is 24.0 Å². The van der Waals surface area contributed by atoms with Crippen LogP contribution in [0.3, 0.4) is 0 Å². The average Bonchev–Trinajstić information content (AvgIpc) is 3.20. The molecule has 1 unspecified atom stereocenters. The number of nitrogens with zero attached hydrogens (tertiary/aromatic N) is 3. The van der Waals surface area contributed by atoms with E-state index in [1.807, 2.05) is 18.2 Å². The van der Waals surface area contributed by atoms with Crippen molar-refractivity contribution in [3.8, 4) is 11.6 Å². The van der Waals surface area contributed by atoms with E-state index in [0.717, 1.165) is 36.9 Å². The van der Waals surface area contributed by atoms with Crippen LogP contribution in [0, 0.1) is 0 Å². The molecule has 9 heteroatoms. The standard InChI is InChI=1S/C20H26ClN5O2.HI/c1-22-20(23-10-12-28-19-8-7-15(21)13-24-19)25-16-9-11-26(14-16)17-5-3-4-6-18(17)27-2;/h3-8,13,16H,9-12,14H2,1-2H3,(H2,22,23,25);1H. The first-order valence-electron chi connectivity index (χ1n) is 9.29. The van der Waals surface area contributed by atoms with Crippen LogP contribution in [0.4, 0.5) is 5.69 Å². The highest BCUT2D eigenvalue weighted by molar-refractivity contribution is 14.0. The molecule has 7 nitrogen and oxygen atoms in total. The lowest BCUT2D eigenvalue weighted by molar-refractivity contribution is 0.309. The SMILES string of the molecule is CN=C(NCCOc1ccc(Cl)cn1)NC1CCN(c2ccccc2OC)C1.I. The third-order valence-electron chi connectivity index (χ3n) is 4.52. The molecule has 1 aliphatic rings. The molecule has 1 aliphatic heterocycles. The number of aromatic nitrogens is 1.